The molecule has 1 aliphatic rings. The molecule has 1 aliphatic heterocycles. The normalized spacial score (nSPS) is 34.6. The summed E-state index contributed by atoms with van der Waals surface area (Å²) in [5.74, 6) is -3.70. The largest absolute Gasteiger partial charge is 0.479 e. The number of carbonyl (C=O) groups excluding carboxylic acids is 1. The van der Waals surface area contributed by atoms with Crippen molar-refractivity contribution in [2.24, 2.45) is 0 Å². The first-order valence-electron chi connectivity index (χ1n) is 6.83. The van der Waals surface area contributed by atoms with Crippen LogP contribution < -0.4 is 0 Å². The SMILES string of the molecule is O=C[C@@H](O)[C@H](O)[C@@H](O[C@H]1O[C@@H](C(=O)O)[C@H](O)[C@@H](O)[C@@H]1O)[C@H](O)C(=O)O. The smallest absolute Gasteiger partial charge is 0.335 e. The Morgan fingerprint density at radius 3 is 2.00 bits per heavy atom. The Balaban J connectivity index is 3.06. The maximum Gasteiger partial charge on any atom is 0.335 e. The van der Waals surface area contributed by atoms with Gasteiger partial charge in [0.1, 0.15) is 36.6 Å². The second-order valence-corrected chi connectivity index (χ2v) is 5.24. The molecule has 1 saturated heterocycles. The molecule has 0 saturated carbocycles. The summed E-state index contributed by atoms with van der Waals surface area (Å²) in [5, 5.41) is 75.1. The number of ether oxygens (including phenoxy) is 2. The van der Waals surface area contributed by atoms with Gasteiger partial charge in [-0.25, -0.2) is 9.59 Å². The van der Waals surface area contributed by atoms with Crippen molar-refractivity contribution < 1.29 is 64.7 Å². The van der Waals surface area contributed by atoms with Crippen molar-refractivity contribution >= 4 is 18.2 Å². The van der Waals surface area contributed by atoms with Crippen molar-refractivity contribution in [2.75, 3.05) is 0 Å². The van der Waals surface area contributed by atoms with Crippen LogP contribution in [0.2, 0.25) is 0 Å². The second-order valence-electron chi connectivity index (χ2n) is 5.24. The predicted octanol–water partition coefficient (Wildman–Crippen LogP) is -5.37. The van der Waals surface area contributed by atoms with Crippen LogP contribution in [0.4, 0.5) is 0 Å². The molecule has 1 heterocycles. The first kappa shape index (κ1) is 21.3. The average Bonchev–Trinajstić information content (AvgIpc) is 2.56. The van der Waals surface area contributed by atoms with E-state index < -0.39 is 67.1 Å². The lowest BCUT2D eigenvalue weighted by molar-refractivity contribution is -0.318. The number of rotatable bonds is 8. The minimum atomic E-state index is -2.52. The van der Waals surface area contributed by atoms with Gasteiger partial charge in [0.15, 0.2) is 24.8 Å². The Morgan fingerprint density at radius 2 is 1.56 bits per heavy atom. The molecule has 0 unspecified atom stereocenters. The summed E-state index contributed by atoms with van der Waals surface area (Å²) in [4.78, 5) is 32.3. The summed E-state index contributed by atoms with van der Waals surface area (Å²) in [6, 6.07) is 0. The van der Waals surface area contributed by atoms with Crippen molar-refractivity contribution in [3.05, 3.63) is 0 Å². The zero-order chi connectivity index (χ0) is 19.5. The van der Waals surface area contributed by atoms with Gasteiger partial charge in [-0.05, 0) is 0 Å². The number of aliphatic hydroxyl groups is 6. The molecule has 0 aromatic rings. The highest BCUT2D eigenvalue weighted by atomic mass is 16.7. The molecule has 0 bridgehead atoms. The Morgan fingerprint density at radius 1 is 1.00 bits per heavy atom. The Labute approximate surface area is 139 Å². The van der Waals surface area contributed by atoms with Gasteiger partial charge in [-0.15, -0.1) is 0 Å². The fourth-order valence-corrected chi connectivity index (χ4v) is 2.08. The van der Waals surface area contributed by atoms with Crippen LogP contribution >= 0.6 is 0 Å². The van der Waals surface area contributed by atoms with Crippen molar-refractivity contribution in [3.63, 3.8) is 0 Å². The fourth-order valence-electron chi connectivity index (χ4n) is 2.08. The zero-order valence-corrected chi connectivity index (χ0v) is 12.4. The molecule has 25 heavy (non-hydrogen) atoms. The van der Waals surface area contributed by atoms with Gasteiger partial charge in [0.2, 0.25) is 0 Å². The maximum atomic E-state index is 11.0. The van der Waals surface area contributed by atoms with Crippen LogP contribution in [0.1, 0.15) is 0 Å². The number of carboxylic acids is 2. The molecule has 0 amide bonds. The number of hydrogen-bond acceptors (Lipinski definition) is 11. The summed E-state index contributed by atoms with van der Waals surface area (Å²) in [7, 11) is 0. The highest BCUT2D eigenvalue weighted by Gasteiger charge is 2.50. The third kappa shape index (κ3) is 4.68. The van der Waals surface area contributed by atoms with E-state index in [9.17, 15) is 45.0 Å². The van der Waals surface area contributed by atoms with Crippen molar-refractivity contribution in [2.45, 2.75) is 55.1 Å². The van der Waals surface area contributed by atoms with Gasteiger partial charge in [0.25, 0.3) is 0 Å². The van der Waals surface area contributed by atoms with Crippen LogP contribution in [0.5, 0.6) is 0 Å². The second kappa shape index (κ2) is 8.59. The molecular formula is C12H18O13. The van der Waals surface area contributed by atoms with Crippen molar-refractivity contribution in [1.29, 1.82) is 0 Å². The van der Waals surface area contributed by atoms with Gasteiger partial charge in [0.05, 0.1) is 0 Å². The molecule has 1 rings (SSSR count). The third-order valence-corrected chi connectivity index (χ3v) is 3.49. The van der Waals surface area contributed by atoms with Crippen LogP contribution in [0.25, 0.3) is 0 Å². The van der Waals surface area contributed by atoms with Crippen molar-refractivity contribution in [3.8, 4) is 0 Å². The topological polar surface area (TPSA) is 232 Å². The summed E-state index contributed by atoms with van der Waals surface area (Å²) >= 11 is 0. The Bertz CT molecular complexity index is 495. The molecule has 0 radical (unpaired) electrons. The summed E-state index contributed by atoms with van der Waals surface area (Å²) in [6.07, 6.45) is -19.9. The minimum absolute atomic E-state index is 0.188. The lowest BCUT2D eigenvalue weighted by atomic mass is 9.98. The Kier molecular flexibility index (Phi) is 7.33. The van der Waals surface area contributed by atoms with E-state index in [4.69, 9.17) is 19.7 Å². The number of carbonyl (C=O) groups is 3. The van der Waals surface area contributed by atoms with Crippen LogP contribution in [0, 0.1) is 0 Å². The molecule has 8 N–H and O–H groups in total. The minimum Gasteiger partial charge on any atom is -0.479 e. The van der Waals surface area contributed by atoms with E-state index in [-0.39, 0.29) is 6.29 Å². The van der Waals surface area contributed by atoms with E-state index in [1.54, 1.807) is 0 Å². The van der Waals surface area contributed by atoms with Gasteiger partial charge in [0, 0.05) is 0 Å². The van der Waals surface area contributed by atoms with Crippen LogP contribution in [0.3, 0.4) is 0 Å². The molecular weight excluding hydrogens is 352 g/mol. The van der Waals surface area contributed by atoms with Crippen LogP contribution in [-0.2, 0) is 23.9 Å². The molecule has 0 spiro atoms. The van der Waals surface area contributed by atoms with Gasteiger partial charge in [-0.2, -0.15) is 0 Å². The molecule has 1 fully saturated rings. The first-order chi connectivity index (χ1) is 11.5. The van der Waals surface area contributed by atoms with Crippen LogP contribution in [-0.4, -0.2) is 114 Å². The molecule has 13 heteroatoms. The van der Waals surface area contributed by atoms with E-state index in [0.717, 1.165) is 0 Å². The number of aliphatic hydroxyl groups excluding tert-OH is 6. The quantitative estimate of drug-likeness (QED) is 0.187. The van der Waals surface area contributed by atoms with Gasteiger partial charge >= 0.3 is 11.9 Å². The lowest BCUT2D eigenvalue weighted by Gasteiger charge is -2.40. The number of aldehydes is 1. The molecule has 0 aromatic heterocycles. The lowest BCUT2D eigenvalue weighted by Crippen LogP contribution is -2.62. The highest BCUT2D eigenvalue weighted by Crippen LogP contribution is 2.25. The monoisotopic (exact) mass is 370 g/mol. The Hall–Kier alpha value is -1.71. The van der Waals surface area contributed by atoms with E-state index in [0.29, 0.717) is 0 Å². The molecule has 144 valence electrons. The highest BCUT2D eigenvalue weighted by molar-refractivity contribution is 5.73. The van der Waals surface area contributed by atoms with Gasteiger partial charge < -0.3 is 55.1 Å². The molecule has 13 nitrogen and oxygen atoms in total. The molecule has 0 aliphatic carbocycles. The molecule has 0 aromatic carbocycles. The summed E-state index contributed by atoms with van der Waals surface area (Å²) in [5.41, 5.74) is 0. The van der Waals surface area contributed by atoms with Gasteiger partial charge in [-0.1, -0.05) is 0 Å². The number of hydrogen-bond donors (Lipinski definition) is 8. The predicted molar refractivity (Wildman–Crippen MR) is 70.9 cm³/mol. The number of carboxylic acid groups (broad SMARTS) is 2. The third-order valence-electron chi connectivity index (χ3n) is 3.49. The maximum absolute atomic E-state index is 11.0. The van der Waals surface area contributed by atoms with Crippen molar-refractivity contribution in [1.82, 2.24) is 0 Å². The summed E-state index contributed by atoms with van der Waals surface area (Å²) in [6.45, 7) is 0. The van der Waals surface area contributed by atoms with Crippen LogP contribution in [0.15, 0.2) is 0 Å². The standard InChI is InChI=1S/C12H18O13/c13-1-2(14)3(15)8(7(19)10(20)21)24-12-6(18)4(16)5(17)9(25-12)11(22)23/h1-9,12,14-19H,(H,20,21)(H,22,23)/t2-,3+,4-,5-,6+,7+,8-,9-,12+/m1/s1. The zero-order valence-electron chi connectivity index (χ0n) is 12.4. The first-order valence-corrected chi connectivity index (χ1v) is 6.83. The number of aliphatic carboxylic acids is 2. The summed E-state index contributed by atoms with van der Waals surface area (Å²) < 4.78 is 9.50. The molecule has 9 atom stereocenters. The van der Waals surface area contributed by atoms with E-state index in [1.807, 2.05) is 0 Å². The van der Waals surface area contributed by atoms with E-state index >= 15 is 0 Å². The van der Waals surface area contributed by atoms with E-state index in [2.05, 4.69) is 0 Å². The van der Waals surface area contributed by atoms with E-state index in [1.165, 1.54) is 0 Å². The average molecular weight is 370 g/mol. The fraction of sp³-hybridized carbons (Fsp3) is 0.750. The van der Waals surface area contributed by atoms with Gasteiger partial charge in [-0.3, -0.25) is 0 Å².